The second kappa shape index (κ2) is 5.11. The molecule has 0 bridgehead atoms. The molecule has 0 saturated heterocycles. The highest BCUT2D eigenvalue weighted by Crippen LogP contribution is 2.41. The van der Waals surface area contributed by atoms with Crippen LogP contribution in [0.4, 0.5) is 5.69 Å². The van der Waals surface area contributed by atoms with Crippen LogP contribution >= 0.6 is 11.6 Å². The summed E-state index contributed by atoms with van der Waals surface area (Å²) in [4.78, 5) is 14.0. The Kier molecular flexibility index (Phi) is 3.80. The van der Waals surface area contributed by atoms with Crippen molar-refractivity contribution in [3.63, 3.8) is 0 Å². The number of hydrogen-bond donors (Lipinski definition) is 2. The van der Waals surface area contributed by atoms with Crippen molar-refractivity contribution in [3.05, 3.63) is 34.9 Å². The van der Waals surface area contributed by atoms with Crippen molar-refractivity contribution in [2.24, 2.45) is 5.84 Å². The Morgan fingerprint density at radius 3 is 2.70 bits per heavy atom. The molecule has 0 radical (unpaired) electrons. The van der Waals surface area contributed by atoms with Gasteiger partial charge in [-0.3, -0.25) is 10.2 Å². The predicted molar refractivity (Wildman–Crippen MR) is 83.5 cm³/mol. The molecule has 0 unspecified atom stereocenters. The zero-order valence-corrected chi connectivity index (χ0v) is 13.0. The number of nitrogens with zero attached hydrogens (tertiary/aromatic N) is 1. The average Bonchev–Trinajstić information content (AvgIpc) is 2.35. The van der Waals surface area contributed by atoms with Crippen molar-refractivity contribution < 1.29 is 4.79 Å². The van der Waals surface area contributed by atoms with Crippen LogP contribution in [0.15, 0.2) is 24.3 Å². The summed E-state index contributed by atoms with van der Waals surface area (Å²) in [5.41, 5.74) is 5.15. The van der Waals surface area contributed by atoms with Gasteiger partial charge in [-0.25, -0.2) is 5.84 Å². The van der Waals surface area contributed by atoms with Crippen LogP contribution in [-0.4, -0.2) is 17.5 Å². The van der Waals surface area contributed by atoms with E-state index in [0.29, 0.717) is 5.02 Å². The molecular weight excluding hydrogens is 274 g/mol. The minimum absolute atomic E-state index is 0.225. The van der Waals surface area contributed by atoms with E-state index < -0.39 is 6.04 Å². The normalized spacial score (nSPS) is 18.1. The summed E-state index contributed by atoms with van der Waals surface area (Å²) in [6.07, 6.45) is 2.16. The van der Waals surface area contributed by atoms with E-state index in [1.807, 2.05) is 30.0 Å². The molecule has 1 aromatic carbocycles. The predicted octanol–water partition coefficient (Wildman–Crippen LogP) is 2.72. The van der Waals surface area contributed by atoms with E-state index in [2.05, 4.69) is 32.3 Å². The van der Waals surface area contributed by atoms with Gasteiger partial charge in [0.25, 0.3) is 5.91 Å². The summed E-state index contributed by atoms with van der Waals surface area (Å²) in [7, 11) is 0. The molecule has 1 aliphatic heterocycles. The average molecular weight is 294 g/mol. The molecule has 2 rings (SSSR count). The minimum Gasteiger partial charge on any atom is -0.351 e. The molecular formula is C15H20ClN3O. The van der Waals surface area contributed by atoms with Gasteiger partial charge in [-0.05, 0) is 45.4 Å². The van der Waals surface area contributed by atoms with Crippen LogP contribution < -0.4 is 16.2 Å². The highest BCUT2D eigenvalue weighted by atomic mass is 35.5. The van der Waals surface area contributed by atoms with Crippen molar-refractivity contribution in [2.75, 3.05) is 4.90 Å². The summed E-state index contributed by atoms with van der Waals surface area (Å²) in [6.45, 7) is 8.05. The molecule has 3 N–H and O–H groups in total. The Labute approximate surface area is 124 Å². The Morgan fingerprint density at radius 1 is 1.45 bits per heavy atom. The number of anilines is 1. The van der Waals surface area contributed by atoms with Gasteiger partial charge in [0.2, 0.25) is 0 Å². The smallest absolute Gasteiger partial charge is 0.256 e. The number of carbonyl (C=O) groups is 1. The Morgan fingerprint density at radius 2 is 2.10 bits per heavy atom. The van der Waals surface area contributed by atoms with Gasteiger partial charge >= 0.3 is 0 Å². The van der Waals surface area contributed by atoms with Crippen molar-refractivity contribution in [1.82, 2.24) is 5.43 Å². The number of allylic oxidation sites excluding steroid dienone is 1. The van der Waals surface area contributed by atoms with Gasteiger partial charge in [-0.15, -0.1) is 0 Å². The van der Waals surface area contributed by atoms with Gasteiger partial charge in [-0.2, -0.15) is 0 Å². The zero-order chi connectivity index (χ0) is 15.1. The maximum absolute atomic E-state index is 11.9. The lowest BCUT2D eigenvalue weighted by molar-refractivity contribution is -0.122. The van der Waals surface area contributed by atoms with Crippen molar-refractivity contribution in [1.29, 1.82) is 0 Å². The molecule has 1 heterocycles. The molecule has 5 heteroatoms. The number of amides is 1. The monoisotopic (exact) mass is 293 g/mol. The number of halogens is 1. The van der Waals surface area contributed by atoms with Crippen LogP contribution in [0.1, 0.15) is 33.3 Å². The molecule has 0 aliphatic carbocycles. The van der Waals surface area contributed by atoms with Crippen LogP contribution in [0.2, 0.25) is 5.02 Å². The number of hydrogen-bond acceptors (Lipinski definition) is 3. The standard InChI is InChI=1S/C15H20ClN3O/c1-9-8-15(3,4)19(10(2)14(20)18-17)13-7-11(16)5-6-12(9)13/h5-8,10H,17H2,1-4H3,(H,18,20)/t10-/m0/s1. The van der Waals surface area contributed by atoms with Crippen LogP contribution in [0.5, 0.6) is 0 Å². The van der Waals surface area contributed by atoms with Crippen molar-refractivity contribution in [2.45, 2.75) is 39.3 Å². The molecule has 108 valence electrons. The summed E-state index contributed by atoms with van der Waals surface area (Å²) in [6, 6.07) is 5.35. The van der Waals surface area contributed by atoms with Gasteiger partial charge in [0, 0.05) is 16.3 Å². The lowest BCUT2D eigenvalue weighted by Crippen LogP contribution is -2.56. The first-order valence-corrected chi connectivity index (χ1v) is 6.95. The number of nitrogens with one attached hydrogen (secondary N) is 1. The fraction of sp³-hybridized carbons (Fsp3) is 0.400. The summed E-state index contributed by atoms with van der Waals surface area (Å²) < 4.78 is 0. The summed E-state index contributed by atoms with van der Waals surface area (Å²) >= 11 is 6.13. The van der Waals surface area contributed by atoms with Gasteiger partial charge in [-0.1, -0.05) is 23.7 Å². The minimum atomic E-state index is -0.392. The topological polar surface area (TPSA) is 58.4 Å². The molecule has 1 aliphatic rings. The second-order valence-corrected chi connectivity index (χ2v) is 6.13. The van der Waals surface area contributed by atoms with Gasteiger partial charge < -0.3 is 4.90 Å². The Bertz CT molecular complexity index is 580. The first-order chi connectivity index (χ1) is 9.27. The first kappa shape index (κ1) is 14.9. The van der Waals surface area contributed by atoms with Crippen molar-refractivity contribution >= 4 is 28.8 Å². The highest BCUT2D eigenvalue weighted by Gasteiger charge is 2.36. The van der Waals surface area contributed by atoms with E-state index in [1.54, 1.807) is 0 Å². The molecule has 1 atom stereocenters. The molecule has 1 amide bonds. The second-order valence-electron chi connectivity index (χ2n) is 5.70. The van der Waals surface area contributed by atoms with E-state index in [4.69, 9.17) is 17.4 Å². The lowest BCUT2D eigenvalue weighted by atomic mass is 9.87. The number of rotatable bonds is 2. The molecule has 0 saturated carbocycles. The third kappa shape index (κ3) is 2.41. The molecule has 0 aromatic heterocycles. The molecule has 1 aromatic rings. The molecule has 0 spiro atoms. The third-order valence-electron chi connectivity index (χ3n) is 3.74. The van der Waals surface area contributed by atoms with Gasteiger partial charge in [0.15, 0.2) is 0 Å². The molecule has 20 heavy (non-hydrogen) atoms. The van der Waals surface area contributed by atoms with Gasteiger partial charge in [0.05, 0.1) is 5.54 Å². The largest absolute Gasteiger partial charge is 0.351 e. The first-order valence-electron chi connectivity index (χ1n) is 6.57. The SMILES string of the molecule is CC1=CC(C)(C)N([C@@H](C)C(=O)NN)c2cc(Cl)ccc21. The van der Waals surface area contributed by atoms with E-state index in [0.717, 1.165) is 11.3 Å². The fourth-order valence-corrected chi connectivity index (χ4v) is 3.14. The van der Waals surface area contributed by atoms with E-state index in [9.17, 15) is 4.79 Å². The van der Waals surface area contributed by atoms with E-state index in [1.165, 1.54) is 5.57 Å². The van der Waals surface area contributed by atoms with E-state index >= 15 is 0 Å². The fourth-order valence-electron chi connectivity index (χ4n) is 2.97. The number of benzene rings is 1. The number of nitrogens with two attached hydrogens (primary N) is 1. The maximum atomic E-state index is 11.9. The summed E-state index contributed by atoms with van der Waals surface area (Å²) in [5, 5.41) is 0.652. The Hall–Kier alpha value is -1.52. The third-order valence-corrected chi connectivity index (χ3v) is 3.98. The quantitative estimate of drug-likeness (QED) is 0.501. The summed E-state index contributed by atoms with van der Waals surface area (Å²) in [5.74, 6) is 5.05. The number of fused-ring (bicyclic) bond motifs is 1. The molecule has 0 fully saturated rings. The Balaban J connectivity index is 2.61. The highest BCUT2D eigenvalue weighted by molar-refractivity contribution is 6.31. The van der Waals surface area contributed by atoms with Crippen LogP contribution in [0.3, 0.4) is 0 Å². The number of hydrazine groups is 1. The van der Waals surface area contributed by atoms with Crippen LogP contribution in [-0.2, 0) is 4.79 Å². The lowest BCUT2D eigenvalue weighted by Gasteiger charge is -2.46. The van der Waals surface area contributed by atoms with Gasteiger partial charge in [0.1, 0.15) is 6.04 Å². The zero-order valence-electron chi connectivity index (χ0n) is 12.2. The van der Waals surface area contributed by atoms with Crippen molar-refractivity contribution in [3.8, 4) is 0 Å². The maximum Gasteiger partial charge on any atom is 0.256 e. The number of carbonyl (C=O) groups excluding carboxylic acids is 1. The molecule has 4 nitrogen and oxygen atoms in total. The van der Waals surface area contributed by atoms with Crippen LogP contribution in [0, 0.1) is 0 Å². The van der Waals surface area contributed by atoms with Crippen LogP contribution in [0.25, 0.3) is 5.57 Å². The van der Waals surface area contributed by atoms with E-state index in [-0.39, 0.29) is 11.4 Å².